The molecule has 2 aromatic rings. The summed E-state index contributed by atoms with van der Waals surface area (Å²) in [6, 6.07) is 3.54. The van der Waals surface area contributed by atoms with Crippen LogP contribution in [0.3, 0.4) is 0 Å². The van der Waals surface area contributed by atoms with Gasteiger partial charge in [-0.3, -0.25) is 5.10 Å². The second-order valence-corrected chi connectivity index (χ2v) is 3.98. The molecule has 0 aliphatic rings. The van der Waals surface area contributed by atoms with Crippen LogP contribution in [0.4, 0.5) is 8.78 Å². The molecule has 0 spiro atoms. The third-order valence-corrected chi connectivity index (χ3v) is 2.49. The minimum Gasteiger partial charge on any atom is -0.277 e. The van der Waals surface area contributed by atoms with E-state index in [1.54, 1.807) is 6.20 Å². The first-order chi connectivity index (χ1) is 7.59. The molecule has 0 bridgehead atoms. The summed E-state index contributed by atoms with van der Waals surface area (Å²) < 4.78 is 26.4. The molecule has 0 aliphatic heterocycles. The van der Waals surface area contributed by atoms with Crippen molar-refractivity contribution in [2.75, 3.05) is 0 Å². The first kappa shape index (κ1) is 10.8. The lowest BCUT2D eigenvalue weighted by atomic mass is 9.99. The zero-order valence-corrected chi connectivity index (χ0v) is 9.09. The maximum absolute atomic E-state index is 13.6. The van der Waals surface area contributed by atoms with Gasteiger partial charge in [0.25, 0.3) is 0 Å². The van der Waals surface area contributed by atoms with Crippen LogP contribution in [0, 0.1) is 11.6 Å². The number of nitrogens with zero attached hydrogens (tertiary/aromatic N) is 1. The summed E-state index contributed by atoms with van der Waals surface area (Å²) in [5, 5.41) is 6.65. The smallest absolute Gasteiger partial charge is 0.135 e. The van der Waals surface area contributed by atoms with Gasteiger partial charge in [-0.1, -0.05) is 13.8 Å². The second-order valence-electron chi connectivity index (χ2n) is 3.98. The minimum atomic E-state index is -0.578. The Balaban J connectivity index is 2.54. The molecule has 0 radical (unpaired) electrons. The molecule has 84 valence electrons. The van der Waals surface area contributed by atoms with Gasteiger partial charge in [0.05, 0.1) is 11.9 Å². The second kappa shape index (κ2) is 4.04. The first-order valence-electron chi connectivity index (χ1n) is 5.08. The Morgan fingerprint density at radius 3 is 2.62 bits per heavy atom. The van der Waals surface area contributed by atoms with Crippen LogP contribution < -0.4 is 0 Å². The molecule has 0 amide bonds. The van der Waals surface area contributed by atoms with Gasteiger partial charge in [0.2, 0.25) is 0 Å². The van der Waals surface area contributed by atoms with Crippen molar-refractivity contribution in [1.29, 1.82) is 0 Å². The highest BCUT2D eigenvalue weighted by Crippen LogP contribution is 2.28. The molecule has 0 aliphatic carbocycles. The van der Waals surface area contributed by atoms with Crippen LogP contribution in [-0.2, 0) is 0 Å². The summed E-state index contributed by atoms with van der Waals surface area (Å²) in [5.74, 6) is -0.920. The number of aromatic amines is 1. The normalized spacial score (nSPS) is 11.1. The number of hydrogen-bond donors (Lipinski definition) is 1. The fraction of sp³-hybridized carbons (Fsp3) is 0.250. The summed E-state index contributed by atoms with van der Waals surface area (Å²) in [6.07, 6.45) is 1.67. The van der Waals surface area contributed by atoms with E-state index in [-0.39, 0.29) is 5.92 Å². The Morgan fingerprint density at radius 2 is 2.00 bits per heavy atom. The number of halogens is 2. The Kier molecular flexibility index (Phi) is 2.73. The van der Waals surface area contributed by atoms with Gasteiger partial charge in [-0.15, -0.1) is 0 Å². The monoisotopic (exact) mass is 222 g/mol. The van der Waals surface area contributed by atoms with E-state index in [1.165, 1.54) is 12.1 Å². The first-order valence-corrected chi connectivity index (χ1v) is 5.08. The van der Waals surface area contributed by atoms with Gasteiger partial charge in [0.15, 0.2) is 0 Å². The molecule has 16 heavy (non-hydrogen) atoms. The van der Waals surface area contributed by atoms with Crippen LogP contribution in [0.5, 0.6) is 0 Å². The van der Waals surface area contributed by atoms with Gasteiger partial charge in [0.1, 0.15) is 11.6 Å². The van der Waals surface area contributed by atoms with Gasteiger partial charge in [-0.05, 0) is 18.1 Å². The van der Waals surface area contributed by atoms with Crippen LogP contribution >= 0.6 is 0 Å². The highest BCUT2D eigenvalue weighted by molar-refractivity contribution is 5.63. The molecule has 1 heterocycles. The highest BCUT2D eigenvalue weighted by Gasteiger charge is 2.14. The third-order valence-electron chi connectivity index (χ3n) is 2.49. The van der Waals surface area contributed by atoms with Gasteiger partial charge in [0, 0.05) is 17.2 Å². The standard InChI is InChI=1S/C12H12F2N2/c1-7(2)10-6-15-16-12(10)9-4-3-8(13)5-11(9)14/h3-7H,1-2H3,(H,15,16). The van der Waals surface area contributed by atoms with Crippen LogP contribution in [0.2, 0.25) is 0 Å². The van der Waals surface area contributed by atoms with Crippen molar-refractivity contribution < 1.29 is 8.78 Å². The molecular weight excluding hydrogens is 210 g/mol. The maximum Gasteiger partial charge on any atom is 0.135 e. The summed E-state index contributed by atoms with van der Waals surface area (Å²) >= 11 is 0. The Labute approximate surface area is 92.3 Å². The number of aromatic nitrogens is 2. The topological polar surface area (TPSA) is 28.7 Å². The SMILES string of the molecule is CC(C)c1cn[nH]c1-c1ccc(F)cc1F. The third kappa shape index (κ3) is 1.83. The molecule has 0 saturated carbocycles. The summed E-state index contributed by atoms with van der Waals surface area (Å²) in [4.78, 5) is 0. The Morgan fingerprint density at radius 1 is 1.25 bits per heavy atom. The molecule has 4 heteroatoms. The zero-order chi connectivity index (χ0) is 11.7. The molecule has 1 aromatic heterocycles. The van der Waals surface area contributed by atoms with Crippen molar-refractivity contribution in [2.45, 2.75) is 19.8 Å². The van der Waals surface area contributed by atoms with E-state index >= 15 is 0 Å². The number of benzene rings is 1. The van der Waals surface area contributed by atoms with Crippen molar-refractivity contribution in [2.24, 2.45) is 0 Å². The van der Waals surface area contributed by atoms with Gasteiger partial charge < -0.3 is 0 Å². The van der Waals surface area contributed by atoms with Gasteiger partial charge in [-0.2, -0.15) is 5.10 Å². The Hall–Kier alpha value is -1.71. The number of nitrogens with one attached hydrogen (secondary N) is 1. The van der Waals surface area contributed by atoms with Crippen LogP contribution in [-0.4, -0.2) is 10.2 Å². The molecule has 1 aromatic carbocycles. The summed E-state index contributed by atoms with van der Waals surface area (Å²) in [7, 11) is 0. The van der Waals surface area contributed by atoms with E-state index in [4.69, 9.17) is 0 Å². The Bertz CT molecular complexity index is 503. The average Bonchev–Trinajstić information content (AvgIpc) is 2.66. The predicted octanol–water partition coefficient (Wildman–Crippen LogP) is 3.48. The van der Waals surface area contributed by atoms with E-state index in [1.807, 2.05) is 13.8 Å². The maximum atomic E-state index is 13.6. The molecule has 0 fully saturated rings. The fourth-order valence-electron chi connectivity index (χ4n) is 1.64. The van der Waals surface area contributed by atoms with E-state index < -0.39 is 11.6 Å². The van der Waals surface area contributed by atoms with E-state index in [0.717, 1.165) is 11.6 Å². The lowest BCUT2D eigenvalue weighted by Gasteiger charge is -2.07. The molecule has 2 nitrogen and oxygen atoms in total. The molecule has 2 rings (SSSR count). The number of hydrogen-bond acceptors (Lipinski definition) is 1. The van der Waals surface area contributed by atoms with Gasteiger partial charge in [-0.25, -0.2) is 8.78 Å². The molecular formula is C12H12F2N2. The van der Waals surface area contributed by atoms with Crippen molar-refractivity contribution in [3.63, 3.8) is 0 Å². The molecule has 1 N–H and O–H groups in total. The quantitative estimate of drug-likeness (QED) is 0.828. The lowest BCUT2D eigenvalue weighted by molar-refractivity contribution is 0.585. The van der Waals surface area contributed by atoms with Crippen molar-refractivity contribution in [3.05, 3.63) is 41.6 Å². The fourth-order valence-corrected chi connectivity index (χ4v) is 1.64. The van der Waals surface area contributed by atoms with Crippen LogP contribution in [0.15, 0.2) is 24.4 Å². The van der Waals surface area contributed by atoms with E-state index in [0.29, 0.717) is 11.3 Å². The van der Waals surface area contributed by atoms with Crippen molar-refractivity contribution in [3.8, 4) is 11.3 Å². The van der Waals surface area contributed by atoms with Crippen LogP contribution in [0.1, 0.15) is 25.3 Å². The zero-order valence-electron chi connectivity index (χ0n) is 9.09. The van der Waals surface area contributed by atoms with E-state index in [9.17, 15) is 8.78 Å². The number of rotatable bonds is 2. The summed E-state index contributed by atoms with van der Waals surface area (Å²) in [5.41, 5.74) is 1.89. The van der Waals surface area contributed by atoms with Crippen LogP contribution in [0.25, 0.3) is 11.3 Å². The molecule has 0 atom stereocenters. The van der Waals surface area contributed by atoms with Gasteiger partial charge >= 0.3 is 0 Å². The summed E-state index contributed by atoms with van der Waals surface area (Å²) in [6.45, 7) is 3.99. The largest absolute Gasteiger partial charge is 0.277 e. The number of H-pyrrole nitrogens is 1. The van der Waals surface area contributed by atoms with Crippen molar-refractivity contribution in [1.82, 2.24) is 10.2 Å². The molecule has 0 unspecified atom stereocenters. The van der Waals surface area contributed by atoms with Crippen molar-refractivity contribution >= 4 is 0 Å². The lowest BCUT2D eigenvalue weighted by Crippen LogP contribution is -1.92. The van der Waals surface area contributed by atoms with E-state index in [2.05, 4.69) is 10.2 Å². The average molecular weight is 222 g/mol. The molecule has 0 saturated heterocycles. The predicted molar refractivity (Wildman–Crippen MR) is 58.0 cm³/mol. The highest BCUT2D eigenvalue weighted by atomic mass is 19.1. The minimum absolute atomic E-state index is 0.234.